The Hall–Kier alpha value is -4.21. The van der Waals surface area contributed by atoms with E-state index in [9.17, 15) is 0 Å². The van der Waals surface area contributed by atoms with Crippen molar-refractivity contribution in [2.45, 2.75) is 5.54 Å². The van der Waals surface area contributed by atoms with Crippen molar-refractivity contribution in [1.82, 2.24) is 9.78 Å². The van der Waals surface area contributed by atoms with Crippen molar-refractivity contribution in [3.05, 3.63) is 173 Å². The molecule has 0 aliphatic carbocycles. The summed E-state index contributed by atoms with van der Waals surface area (Å²) in [7, 11) is 0. The molecule has 0 saturated carbocycles. The van der Waals surface area contributed by atoms with Gasteiger partial charge in [-0.2, -0.15) is 5.10 Å². The first kappa shape index (κ1) is 23.2. The van der Waals surface area contributed by atoms with E-state index in [4.69, 9.17) is 5.10 Å². The molecule has 1 heterocycles. The van der Waals surface area contributed by atoms with Crippen molar-refractivity contribution in [3.63, 3.8) is 0 Å². The molecular formula is C34H25BrN2. The van der Waals surface area contributed by atoms with E-state index < -0.39 is 5.54 Å². The van der Waals surface area contributed by atoms with Gasteiger partial charge in [-0.3, -0.25) is 0 Å². The molecule has 0 bridgehead atoms. The predicted molar refractivity (Wildman–Crippen MR) is 155 cm³/mol. The molecule has 0 N–H and O–H groups in total. The topological polar surface area (TPSA) is 17.8 Å². The lowest BCUT2D eigenvalue weighted by Crippen LogP contribution is -2.39. The summed E-state index contributed by atoms with van der Waals surface area (Å²) >= 11 is 4.00. The van der Waals surface area contributed by atoms with E-state index in [2.05, 4.69) is 166 Å². The lowest BCUT2D eigenvalue weighted by molar-refractivity contribution is 0.466. The zero-order chi connectivity index (χ0) is 25.1. The molecule has 0 fully saturated rings. The Balaban J connectivity index is 1.80. The maximum atomic E-state index is 5.43. The summed E-state index contributed by atoms with van der Waals surface area (Å²) in [4.78, 5) is 0. The van der Waals surface area contributed by atoms with Crippen molar-refractivity contribution in [3.8, 4) is 22.5 Å². The lowest BCUT2D eigenvalue weighted by atomic mass is 9.76. The molecule has 0 amide bonds. The second kappa shape index (κ2) is 10.0. The van der Waals surface area contributed by atoms with Gasteiger partial charge in [-0.15, -0.1) is 0 Å². The maximum Gasteiger partial charge on any atom is 0.138 e. The largest absolute Gasteiger partial charge is 0.243 e. The second-order valence-electron chi connectivity index (χ2n) is 8.96. The summed E-state index contributed by atoms with van der Waals surface area (Å²) < 4.78 is 3.19. The minimum atomic E-state index is -0.718. The Labute approximate surface area is 226 Å². The van der Waals surface area contributed by atoms with Crippen molar-refractivity contribution >= 4 is 15.9 Å². The van der Waals surface area contributed by atoms with Crippen LogP contribution in [-0.2, 0) is 5.54 Å². The van der Waals surface area contributed by atoms with Gasteiger partial charge in [0.15, 0.2) is 0 Å². The van der Waals surface area contributed by atoms with Crippen molar-refractivity contribution in [2.24, 2.45) is 0 Å². The Morgan fingerprint density at radius 2 is 0.811 bits per heavy atom. The minimum Gasteiger partial charge on any atom is -0.243 e. The van der Waals surface area contributed by atoms with Gasteiger partial charge in [0.25, 0.3) is 0 Å². The summed E-state index contributed by atoms with van der Waals surface area (Å²) in [6.07, 6.45) is 0. The van der Waals surface area contributed by atoms with Crippen LogP contribution in [0.3, 0.4) is 0 Å². The molecule has 0 radical (unpaired) electrons. The summed E-state index contributed by atoms with van der Waals surface area (Å²) in [6, 6.07) is 52.9. The summed E-state index contributed by atoms with van der Waals surface area (Å²) in [5, 5.41) is 5.43. The fraction of sp³-hybridized carbons (Fsp3) is 0.0294. The lowest BCUT2D eigenvalue weighted by Gasteiger charge is -2.37. The number of hydrogen-bond donors (Lipinski definition) is 0. The highest BCUT2D eigenvalue weighted by atomic mass is 79.9. The van der Waals surface area contributed by atoms with Gasteiger partial charge < -0.3 is 0 Å². The molecule has 0 aliphatic heterocycles. The molecule has 0 spiro atoms. The van der Waals surface area contributed by atoms with Crippen LogP contribution in [0, 0.1) is 0 Å². The number of benzene rings is 5. The van der Waals surface area contributed by atoms with E-state index in [0.717, 1.165) is 43.7 Å². The van der Waals surface area contributed by atoms with Gasteiger partial charge in [0.1, 0.15) is 11.2 Å². The van der Waals surface area contributed by atoms with Gasteiger partial charge in [-0.25, -0.2) is 4.68 Å². The minimum absolute atomic E-state index is 0.718. The van der Waals surface area contributed by atoms with E-state index in [1.165, 1.54) is 0 Å². The first-order chi connectivity index (χ1) is 18.3. The first-order valence-corrected chi connectivity index (χ1v) is 13.2. The highest BCUT2D eigenvalue weighted by Gasteiger charge is 2.42. The van der Waals surface area contributed by atoms with E-state index in [1.807, 2.05) is 6.07 Å². The van der Waals surface area contributed by atoms with Crippen LogP contribution >= 0.6 is 15.9 Å². The molecule has 5 aromatic carbocycles. The highest BCUT2D eigenvalue weighted by molar-refractivity contribution is 9.10. The van der Waals surface area contributed by atoms with Gasteiger partial charge in [0.2, 0.25) is 0 Å². The number of aromatic nitrogens is 2. The van der Waals surface area contributed by atoms with Crippen LogP contribution in [0.25, 0.3) is 22.5 Å². The van der Waals surface area contributed by atoms with Gasteiger partial charge in [0, 0.05) is 11.1 Å². The molecule has 6 aromatic rings. The molecule has 0 saturated heterocycles. The average molecular weight is 541 g/mol. The first-order valence-electron chi connectivity index (χ1n) is 12.4. The zero-order valence-corrected chi connectivity index (χ0v) is 21.8. The van der Waals surface area contributed by atoms with Crippen LogP contribution < -0.4 is 0 Å². The van der Waals surface area contributed by atoms with Crippen LogP contribution in [-0.4, -0.2) is 9.78 Å². The molecule has 2 nitrogen and oxygen atoms in total. The molecule has 37 heavy (non-hydrogen) atoms. The molecule has 0 aliphatic rings. The van der Waals surface area contributed by atoms with Crippen molar-refractivity contribution in [2.75, 3.05) is 0 Å². The van der Waals surface area contributed by atoms with Gasteiger partial charge >= 0.3 is 0 Å². The second-order valence-corrected chi connectivity index (χ2v) is 9.76. The fourth-order valence-electron chi connectivity index (χ4n) is 5.17. The summed E-state index contributed by atoms with van der Waals surface area (Å²) in [5.74, 6) is 0. The van der Waals surface area contributed by atoms with E-state index in [0.29, 0.717) is 0 Å². The molecule has 178 valence electrons. The number of rotatable bonds is 6. The molecular weight excluding hydrogens is 516 g/mol. The number of hydrogen-bond acceptors (Lipinski definition) is 1. The molecule has 3 heteroatoms. The van der Waals surface area contributed by atoms with E-state index in [1.54, 1.807) is 0 Å². The van der Waals surface area contributed by atoms with Crippen molar-refractivity contribution in [1.29, 1.82) is 0 Å². The van der Waals surface area contributed by atoms with Crippen LogP contribution in [0.1, 0.15) is 16.7 Å². The Morgan fingerprint density at radius 1 is 0.459 bits per heavy atom. The van der Waals surface area contributed by atoms with Crippen LogP contribution in [0.15, 0.2) is 156 Å². The molecule has 6 rings (SSSR count). The predicted octanol–water partition coefficient (Wildman–Crippen LogP) is 8.82. The molecule has 0 atom stereocenters. The van der Waals surface area contributed by atoms with Crippen LogP contribution in [0.2, 0.25) is 0 Å². The van der Waals surface area contributed by atoms with Gasteiger partial charge in [-0.05, 0) is 32.6 Å². The maximum absolute atomic E-state index is 5.43. The molecule has 0 unspecified atom stereocenters. The van der Waals surface area contributed by atoms with Gasteiger partial charge in [-0.1, -0.05) is 152 Å². The van der Waals surface area contributed by atoms with Crippen LogP contribution in [0.4, 0.5) is 0 Å². The molecule has 1 aromatic heterocycles. The third-order valence-electron chi connectivity index (χ3n) is 6.81. The summed E-state index contributed by atoms with van der Waals surface area (Å²) in [6.45, 7) is 0. The van der Waals surface area contributed by atoms with Crippen molar-refractivity contribution < 1.29 is 0 Å². The van der Waals surface area contributed by atoms with Crippen LogP contribution in [0.5, 0.6) is 0 Å². The fourth-order valence-corrected chi connectivity index (χ4v) is 5.88. The van der Waals surface area contributed by atoms with E-state index in [-0.39, 0.29) is 0 Å². The Bertz CT molecular complexity index is 1500. The summed E-state index contributed by atoms with van der Waals surface area (Å²) in [5.41, 5.74) is 6.79. The third kappa shape index (κ3) is 4.02. The monoisotopic (exact) mass is 540 g/mol. The Morgan fingerprint density at radius 3 is 1.22 bits per heavy atom. The third-order valence-corrected chi connectivity index (χ3v) is 7.57. The number of nitrogens with zero attached hydrogens (tertiary/aromatic N) is 2. The van der Waals surface area contributed by atoms with E-state index >= 15 is 0 Å². The normalized spacial score (nSPS) is 11.4. The average Bonchev–Trinajstić information content (AvgIpc) is 3.33. The SMILES string of the molecule is Brc1c(-c2ccccc2)nn(C(c2ccccc2)(c2ccccc2)c2ccccc2)c1-c1ccccc1. The smallest absolute Gasteiger partial charge is 0.138 e. The Kier molecular flexibility index (Phi) is 6.30. The quantitative estimate of drug-likeness (QED) is 0.193. The van der Waals surface area contributed by atoms with Gasteiger partial charge in [0.05, 0.1) is 10.2 Å². The standard InChI is InChI=1S/C34H25BrN2/c35-31-32(26-16-6-1-7-17-26)36-37(33(31)27-18-8-2-9-19-27)34(28-20-10-3-11-21-28,29-22-12-4-13-23-29)30-24-14-5-15-25-30/h1-25H. The highest BCUT2D eigenvalue weighted by Crippen LogP contribution is 2.47. The number of halogens is 1. The zero-order valence-electron chi connectivity index (χ0n) is 20.2.